The molecule has 0 atom stereocenters. The van der Waals surface area contributed by atoms with Gasteiger partial charge in [-0.05, 0) is 35.6 Å². The van der Waals surface area contributed by atoms with E-state index in [0.29, 0.717) is 0 Å². The molecule has 0 spiro atoms. The van der Waals surface area contributed by atoms with E-state index in [0.717, 1.165) is 6.42 Å². The second kappa shape index (κ2) is 6.91. The van der Waals surface area contributed by atoms with E-state index >= 15 is 0 Å². The number of rotatable bonds is 1. The van der Waals surface area contributed by atoms with Gasteiger partial charge in [0.1, 0.15) is 0 Å². The van der Waals surface area contributed by atoms with Crippen molar-refractivity contribution in [1.82, 2.24) is 0 Å². The number of benzene rings is 2. The van der Waals surface area contributed by atoms with Crippen LogP contribution in [0.1, 0.15) is 18.1 Å². The molecule has 19 heavy (non-hydrogen) atoms. The number of hydrogen-bond donors (Lipinski definition) is 0. The minimum absolute atomic E-state index is 1.11. The number of allylic oxidation sites excluding steroid dienone is 1. The SMILES string of the molecule is CC1=Cc2c(cccc2-c2ccccc2)C1.[F][Zr][F]. The van der Waals surface area contributed by atoms with Gasteiger partial charge in [0.05, 0.1) is 0 Å². The Bertz CT molecular complexity index is 577. The van der Waals surface area contributed by atoms with Crippen molar-refractivity contribution in [3.63, 3.8) is 0 Å². The van der Waals surface area contributed by atoms with Gasteiger partial charge in [0, 0.05) is 0 Å². The number of hydrogen-bond acceptors (Lipinski definition) is 0. The van der Waals surface area contributed by atoms with Crippen LogP contribution in [0, 0.1) is 0 Å². The molecule has 2 aromatic carbocycles. The Morgan fingerprint density at radius 1 is 0.947 bits per heavy atom. The second-order valence-corrected chi connectivity index (χ2v) is 4.83. The van der Waals surface area contributed by atoms with Gasteiger partial charge in [0.25, 0.3) is 0 Å². The summed E-state index contributed by atoms with van der Waals surface area (Å²) in [5, 5.41) is 0. The molecule has 0 amide bonds. The van der Waals surface area contributed by atoms with E-state index in [1.54, 1.807) is 0 Å². The summed E-state index contributed by atoms with van der Waals surface area (Å²) < 4.78 is 19.6. The van der Waals surface area contributed by atoms with Gasteiger partial charge in [-0.25, -0.2) is 0 Å². The molecule has 1 aliphatic rings. The molecule has 0 bridgehead atoms. The Kier molecular flexibility index (Phi) is 5.21. The van der Waals surface area contributed by atoms with E-state index < -0.39 is 24.5 Å². The topological polar surface area (TPSA) is 0 Å². The van der Waals surface area contributed by atoms with Crippen molar-refractivity contribution in [3.05, 3.63) is 65.2 Å². The zero-order valence-corrected chi connectivity index (χ0v) is 13.1. The third kappa shape index (κ3) is 3.48. The number of halogens is 2. The van der Waals surface area contributed by atoms with Gasteiger partial charge in [-0.15, -0.1) is 0 Å². The molecule has 0 aliphatic heterocycles. The molecule has 0 nitrogen and oxygen atoms in total. The van der Waals surface area contributed by atoms with Crippen molar-refractivity contribution >= 4 is 6.08 Å². The van der Waals surface area contributed by atoms with E-state index in [4.69, 9.17) is 0 Å². The van der Waals surface area contributed by atoms with Crippen molar-refractivity contribution < 1.29 is 29.7 Å². The normalized spacial score (nSPS) is 12.1. The Morgan fingerprint density at radius 3 is 2.32 bits per heavy atom. The Hall–Kier alpha value is -1.08. The summed E-state index contributed by atoms with van der Waals surface area (Å²) >= 11 is -2.77. The van der Waals surface area contributed by atoms with Crippen LogP contribution in [0.25, 0.3) is 17.2 Å². The molecular weight excluding hydrogens is 321 g/mol. The quantitative estimate of drug-likeness (QED) is 0.676. The molecule has 96 valence electrons. The zero-order valence-electron chi connectivity index (χ0n) is 10.7. The summed E-state index contributed by atoms with van der Waals surface area (Å²) in [6.07, 6.45) is 3.42. The predicted molar refractivity (Wildman–Crippen MR) is 71.4 cm³/mol. The molecule has 1 aliphatic carbocycles. The van der Waals surface area contributed by atoms with Crippen LogP contribution in [0.2, 0.25) is 0 Å². The van der Waals surface area contributed by atoms with Gasteiger partial charge < -0.3 is 0 Å². The van der Waals surface area contributed by atoms with E-state index in [2.05, 4.69) is 61.5 Å². The zero-order chi connectivity index (χ0) is 13.7. The van der Waals surface area contributed by atoms with Gasteiger partial charge in [-0.2, -0.15) is 0 Å². The van der Waals surface area contributed by atoms with E-state index in [9.17, 15) is 5.25 Å². The molecule has 0 heterocycles. The summed E-state index contributed by atoms with van der Waals surface area (Å²) in [5.74, 6) is 0. The Balaban J connectivity index is 0.000000408. The van der Waals surface area contributed by atoms with Crippen molar-refractivity contribution in [2.45, 2.75) is 13.3 Å². The van der Waals surface area contributed by atoms with Crippen LogP contribution in [0.3, 0.4) is 0 Å². The molecule has 0 saturated heterocycles. The average molecular weight is 336 g/mol. The Labute approximate surface area is 125 Å². The van der Waals surface area contributed by atoms with E-state index in [1.165, 1.54) is 27.8 Å². The van der Waals surface area contributed by atoms with Crippen LogP contribution in [-0.2, 0) is 30.9 Å². The maximum atomic E-state index is 9.80. The van der Waals surface area contributed by atoms with Crippen LogP contribution in [0.5, 0.6) is 0 Å². The maximum absolute atomic E-state index is 9.80. The van der Waals surface area contributed by atoms with E-state index in [-0.39, 0.29) is 0 Å². The summed E-state index contributed by atoms with van der Waals surface area (Å²) in [4.78, 5) is 0. The summed E-state index contributed by atoms with van der Waals surface area (Å²) in [6.45, 7) is 2.20. The van der Waals surface area contributed by atoms with Crippen LogP contribution >= 0.6 is 0 Å². The molecule has 0 fully saturated rings. The first-order valence-corrected chi connectivity index (χ1v) is 7.93. The third-order valence-corrected chi connectivity index (χ3v) is 3.14. The number of fused-ring (bicyclic) bond motifs is 1. The molecule has 0 radical (unpaired) electrons. The summed E-state index contributed by atoms with van der Waals surface area (Å²) in [5.41, 5.74) is 6.99. The molecule has 2 aromatic rings. The average Bonchev–Trinajstić information content (AvgIpc) is 2.80. The first-order valence-electron chi connectivity index (χ1n) is 6.07. The Morgan fingerprint density at radius 2 is 1.63 bits per heavy atom. The van der Waals surface area contributed by atoms with Crippen molar-refractivity contribution in [3.8, 4) is 11.1 Å². The fourth-order valence-corrected chi connectivity index (χ4v) is 2.40. The van der Waals surface area contributed by atoms with Gasteiger partial charge in [0.15, 0.2) is 0 Å². The monoisotopic (exact) mass is 334 g/mol. The third-order valence-electron chi connectivity index (χ3n) is 3.14. The van der Waals surface area contributed by atoms with Crippen molar-refractivity contribution in [2.24, 2.45) is 0 Å². The van der Waals surface area contributed by atoms with Crippen molar-refractivity contribution in [2.75, 3.05) is 0 Å². The molecule has 3 rings (SSSR count). The van der Waals surface area contributed by atoms with Gasteiger partial charge in [0.2, 0.25) is 0 Å². The summed E-state index contributed by atoms with van der Waals surface area (Å²) in [7, 11) is 0. The molecule has 0 saturated carbocycles. The van der Waals surface area contributed by atoms with Gasteiger partial charge in [-0.3, -0.25) is 0 Å². The van der Waals surface area contributed by atoms with Crippen LogP contribution in [0.15, 0.2) is 54.1 Å². The van der Waals surface area contributed by atoms with Gasteiger partial charge in [-0.1, -0.05) is 60.2 Å². The van der Waals surface area contributed by atoms with Gasteiger partial charge >= 0.3 is 29.7 Å². The van der Waals surface area contributed by atoms with E-state index in [1.807, 2.05) is 0 Å². The standard InChI is InChI=1S/C16H14.2FH.Zr/c1-12-10-14-8-5-9-15(16(14)11-12)13-6-3-2-4-7-13;;;/h2-9,11H,10H2,1H3;2*1H;/q;;;+2/p-2. The summed E-state index contributed by atoms with van der Waals surface area (Å²) in [6, 6.07) is 17.2. The molecule has 0 aromatic heterocycles. The molecule has 0 N–H and O–H groups in total. The fraction of sp³-hybridized carbons (Fsp3) is 0.125. The second-order valence-electron chi connectivity index (χ2n) is 4.48. The van der Waals surface area contributed by atoms with Crippen molar-refractivity contribution in [1.29, 1.82) is 0 Å². The van der Waals surface area contributed by atoms with Crippen LogP contribution in [-0.4, -0.2) is 0 Å². The first-order chi connectivity index (χ1) is 9.26. The molecule has 0 unspecified atom stereocenters. The minimum atomic E-state index is -2.77. The first kappa shape index (κ1) is 14.3. The fourth-order valence-electron chi connectivity index (χ4n) is 2.40. The van der Waals surface area contributed by atoms with Crippen LogP contribution in [0.4, 0.5) is 5.25 Å². The van der Waals surface area contributed by atoms with Crippen LogP contribution < -0.4 is 0 Å². The molecular formula is C16H14F2Zr. The molecule has 3 heteroatoms. The predicted octanol–water partition coefficient (Wildman–Crippen LogP) is 5.15.